The fourth-order valence-electron chi connectivity index (χ4n) is 2.23. The summed E-state index contributed by atoms with van der Waals surface area (Å²) >= 11 is 0. The van der Waals surface area contributed by atoms with Crippen molar-refractivity contribution in [2.24, 2.45) is 0 Å². The van der Waals surface area contributed by atoms with Gasteiger partial charge in [0.1, 0.15) is 0 Å². The molecule has 1 N–H and O–H groups in total. The van der Waals surface area contributed by atoms with E-state index in [0.717, 1.165) is 6.42 Å². The molecule has 2 heterocycles. The van der Waals surface area contributed by atoms with Crippen molar-refractivity contribution in [1.29, 1.82) is 0 Å². The molecule has 0 spiro atoms. The second-order valence-corrected chi connectivity index (χ2v) is 3.57. The van der Waals surface area contributed by atoms with Crippen LogP contribution in [0.15, 0.2) is 0 Å². The van der Waals surface area contributed by atoms with Gasteiger partial charge in [0.05, 0.1) is 12.1 Å². The van der Waals surface area contributed by atoms with Crippen LogP contribution in [0.3, 0.4) is 0 Å². The number of amides is 2. The highest BCUT2D eigenvalue weighted by Gasteiger charge is 2.49. The zero-order valence-corrected chi connectivity index (χ0v) is 7.43. The van der Waals surface area contributed by atoms with Gasteiger partial charge < -0.3 is 14.9 Å². The third-order valence-electron chi connectivity index (χ3n) is 2.94. The third-order valence-corrected chi connectivity index (χ3v) is 2.94. The predicted octanol–water partition coefficient (Wildman–Crippen LogP) is -0.0306. The molecular formula is C8H12N2O3. The Morgan fingerprint density at radius 2 is 2.00 bits per heavy atom. The number of carbonyl (C=O) groups excluding carboxylic acids is 1. The van der Waals surface area contributed by atoms with Crippen molar-refractivity contribution < 1.29 is 14.7 Å². The Kier molecular flexibility index (Phi) is 1.68. The number of rotatable bonds is 0. The van der Waals surface area contributed by atoms with Crippen LogP contribution in [0, 0.1) is 0 Å². The molecule has 2 rings (SSSR count). The summed E-state index contributed by atoms with van der Waals surface area (Å²) in [6.45, 7) is 2.72. The molecule has 2 aliphatic heterocycles. The van der Waals surface area contributed by atoms with Gasteiger partial charge in [-0.2, -0.15) is 0 Å². The van der Waals surface area contributed by atoms with E-state index < -0.39 is 6.09 Å². The number of nitrogens with zero attached hydrogens (tertiary/aromatic N) is 2. The normalized spacial score (nSPS) is 31.2. The van der Waals surface area contributed by atoms with Crippen molar-refractivity contribution in [1.82, 2.24) is 9.80 Å². The lowest BCUT2D eigenvalue weighted by Gasteiger charge is -2.44. The van der Waals surface area contributed by atoms with Gasteiger partial charge in [0.15, 0.2) is 0 Å². The highest BCUT2D eigenvalue weighted by molar-refractivity contribution is 5.75. The molecule has 72 valence electrons. The van der Waals surface area contributed by atoms with Gasteiger partial charge in [0.2, 0.25) is 5.91 Å². The van der Waals surface area contributed by atoms with Gasteiger partial charge in [0.25, 0.3) is 0 Å². The number of hydrogen-bond donors (Lipinski definition) is 1. The second kappa shape index (κ2) is 2.61. The van der Waals surface area contributed by atoms with E-state index >= 15 is 0 Å². The number of fused-ring (bicyclic) bond motifs is 1. The summed E-state index contributed by atoms with van der Waals surface area (Å²) in [5.41, 5.74) is 0. The Labute approximate surface area is 75.9 Å². The monoisotopic (exact) mass is 184 g/mol. The minimum absolute atomic E-state index is 0.0533. The Morgan fingerprint density at radius 1 is 1.31 bits per heavy atom. The lowest BCUT2D eigenvalue weighted by Crippen LogP contribution is -2.63. The van der Waals surface area contributed by atoms with Crippen LogP contribution in [0.1, 0.15) is 13.3 Å². The molecule has 0 bridgehead atoms. The van der Waals surface area contributed by atoms with Crippen LogP contribution < -0.4 is 0 Å². The molecule has 5 heteroatoms. The average Bonchev–Trinajstić information content (AvgIpc) is 2.27. The van der Waals surface area contributed by atoms with Gasteiger partial charge in [-0.3, -0.25) is 4.79 Å². The van der Waals surface area contributed by atoms with Crippen LogP contribution in [0.2, 0.25) is 0 Å². The number of hydrogen-bond acceptors (Lipinski definition) is 2. The minimum atomic E-state index is -0.869. The highest BCUT2D eigenvalue weighted by Crippen LogP contribution is 2.32. The van der Waals surface area contributed by atoms with Crippen LogP contribution in [0.5, 0.6) is 0 Å². The fraction of sp³-hybridized carbons (Fsp3) is 0.750. The summed E-state index contributed by atoms with van der Waals surface area (Å²) in [5, 5.41) is 8.73. The molecule has 5 nitrogen and oxygen atoms in total. The molecule has 0 aromatic rings. The molecule has 2 atom stereocenters. The van der Waals surface area contributed by atoms with E-state index in [9.17, 15) is 9.59 Å². The Bertz CT molecular complexity index is 266. The van der Waals surface area contributed by atoms with Crippen molar-refractivity contribution in [2.75, 3.05) is 13.1 Å². The van der Waals surface area contributed by atoms with E-state index in [1.54, 1.807) is 4.90 Å². The molecule has 2 saturated heterocycles. The van der Waals surface area contributed by atoms with Gasteiger partial charge in [-0.1, -0.05) is 0 Å². The van der Waals surface area contributed by atoms with E-state index in [0.29, 0.717) is 13.1 Å². The van der Waals surface area contributed by atoms with Crippen LogP contribution in [0.4, 0.5) is 4.79 Å². The zero-order valence-electron chi connectivity index (χ0n) is 7.43. The quantitative estimate of drug-likeness (QED) is 0.575. The standard InChI is InChI=1S/C8H12N2O3/c1-5(11)9-3-2-6-7(9)4-10(6)8(12)13/h6-7H,2-4H2,1H3,(H,12,13)/t6-,7-/m1/s1. The van der Waals surface area contributed by atoms with Gasteiger partial charge in [0, 0.05) is 20.0 Å². The van der Waals surface area contributed by atoms with E-state index in [4.69, 9.17) is 5.11 Å². The molecule has 0 aromatic heterocycles. The van der Waals surface area contributed by atoms with Crippen LogP contribution in [-0.4, -0.2) is 52.1 Å². The first-order chi connectivity index (χ1) is 6.11. The van der Waals surface area contributed by atoms with E-state index in [-0.39, 0.29) is 18.0 Å². The smallest absolute Gasteiger partial charge is 0.407 e. The second-order valence-electron chi connectivity index (χ2n) is 3.57. The topological polar surface area (TPSA) is 60.9 Å². The molecule has 2 fully saturated rings. The van der Waals surface area contributed by atoms with Crippen LogP contribution >= 0.6 is 0 Å². The first kappa shape index (κ1) is 8.34. The zero-order chi connectivity index (χ0) is 9.59. The molecule has 2 amide bonds. The number of carboxylic acid groups (broad SMARTS) is 1. The Hall–Kier alpha value is -1.26. The summed E-state index contributed by atoms with van der Waals surface area (Å²) in [6.07, 6.45) is -0.0806. The summed E-state index contributed by atoms with van der Waals surface area (Å²) in [7, 11) is 0. The molecular weight excluding hydrogens is 172 g/mol. The van der Waals surface area contributed by atoms with Crippen LogP contribution in [0.25, 0.3) is 0 Å². The van der Waals surface area contributed by atoms with Gasteiger partial charge >= 0.3 is 6.09 Å². The summed E-state index contributed by atoms with van der Waals surface area (Å²) in [4.78, 5) is 24.9. The fourth-order valence-corrected chi connectivity index (χ4v) is 2.23. The van der Waals surface area contributed by atoms with E-state index in [1.165, 1.54) is 11.8 Å². The van der Waals surface area contributed by atoms with E-state index in [2.05, 4.69) is 0 Å². The van der Waals surface area contributed by atoms with Gasteiger partial charge in [-0.15, -0.1) is 0 Å². The lowest BCUT2D eigenvalue weighted by atomic mass is 9.98. The predicted molar refractivity (Wildman–Crippen MR) is 44.3 cm³/mol. The summed E-state index contributed by atoms with van der Waals surface area (Å²) in [6, 6.07) is 0.204. The van der Waals surface area contributed by atoms with Crippen molar-refractivity contribution in [3.8, 4) is 0 Å². The number of likely N-dealkylation sites (tertiary alicyclic amines) is 2. The van der Waals surface area contributed by atoms with Gasteiger partial charge in [-0.05, 0) is 6.42 Å². The number of carbonyl (C=O) groups is 2. The first-order valence-electron chi connectivity index (χ1n) is 4.38. The SMILES string of the molecule is CC(=O)N1CC[C@@H]2[C@H]1CN2C(=O)O. The first-order valence-corrected chi connectivity index (χ1v) is 4.38. The van der Waals surface area contributed by atoms with E-state index in [1.807, 2.05) is 0 Å². The van der Waals surface area contributed by atoms with Crippen LogP contribution in [-0.2, 0) is 4.79 Å². The maximum absolute atomic E-state index is 11.1. The summed E-state index contributed by atoms with van der Waals surface area (Å²) in [5.74, 6) is 0.0533. The molecule has 0 saturated carbocycles. The van der Waals surface area contributed by atoms with Crippen molar-refractivity contribution in [3.63, 3.8) is 0 Å². The molecule has 13 heavy (non-hydrogen) atoms. The Morgan fingerprint density at radius 3 is 2.54 bits per heavy atom. The van der Waals surface area contributed by atoms with Crippen molar-refractivity contribution in [3.05, 3.63) is 0 Å². The molecule has 0 radical (unpaired) electrons. The van der Waals surface area contributed by atoms with Gasteiger partial charge in [-0.25, -0.2) is 4.79 Å². The molecule has 2 aliphatic rings. The maximum atomic E-state index is 11.1. The minimum Gasteiger partial charge on any atom is -0.465 e. The average molecular weight is 184 g/mol. The highest BCUT2D eigenvalue weighted by atomic mass is 16.4. The molecule has 0 aromatic carbocycles. The lowest BCUT2D eigenvalue weighted by molar-refractivity contribution is -0.132. The largest absolute Gasteiger partial charge is 0.465 e. The Balaban J connectivity index is 2.02. The summed E-state index contributed by atoms with van der Waals surface area (Å²) < 4.78 is 0. The third kappa shape index (κ3) is 1.07. The van der Waals surface area contributed by atoms with Crippen molar-refractivity contribution in [2.45, 2.75) is 25.4 Å². The molecule has 0 aliphatic carbocycles. The maximum Gasteiger partial charge on any atom is 0.407 e. The molecule has 0 unspecified atom stereocenters. The van der Waals surface area contributed by atoms with Crippen molar-refractivity contribution >= 4 is 12.0 Å².